The lowest BCUT2D eigenvalue weighted by Crippen LogP contribution is -2.51. The molecule has 0 radical (unpaired) electrons. The van der Waals surface area contributed by atoms with Gasteiger partial charge in [-0.05, 0) is 6.92 Å². The fourth-order valence-electron chi connectivity index (χ4n) is 1.91. The number of carbonyl (C=O) groups excluding carboxylic acids is 2. The Labute approximate surface area is 118 Å². The van der Waals surface area contributed by atoms with Crippen LogP contribution in [0.2, 0.25) is 0 Å². The van der Waals surface area contributed by atoms with E-state index < -0.39 is 6.04 Å². The van der Waals surface area contributed by atoms with Crippen molar-refractivity contribution in [3.63, 3.8) is 0 Å². The van der Waals surface area contributed by atoms with E-state index in [2.05, 4.69) is 0 Å². The molecule has 0 bridgehead atoms. The second-order valence-corrected chi connectivity index (χ2v) is 5.38. The molecule has 7 heteroatoms. The monoisotopic (exact) mass is 290 g/mol. The van der Waals surface area contributed by atoms with Gasteiger partial charge in [0.2, 0.25) is 5.91 Å². The zero-order valence-corrected chi connectivity index (χ0v) is 12.3. The van der Waals surface area contributed by atoms with Crippen LogP contribution in [-0.4, -0.2) is 67.2 Å². The van der Waals surface area contributed by atoms with E-state index in [9.17, 15) is 9.59 Å². The van der Waals surface area contributed by atoms with E-state index in [1.54, 1.807) is 23.6 Å². The molecule has 1 amide bonds. The zero-order chi connectivity index (χ0) is 14.3. The zero-order valence-electron chi connectivity index (χ0n) is 11.5. The predicted molar refractivity (Wildman–Crippen MR) is 73.9 cm³/mol. The van der Waals surface area contributed by atoms with Gasteiger partial charge in [-0.3, -0.25) is 4.79 Å². The van der Waals surface area contributed by atoms with Gasteiger partial charge in [0.1, 0.15) is 6.04 Å². The minimum Gasteiger partial charge on any atom is -0.464 e. The molecule has 0 aromatic rings. The Morgan fingerprint density at radius 1 is 1.53 bits per heavy atom. The molecule has 1 aliphatic rings. The number of rotatable bonds is 6. The highest BCUT2D eigenvalue weighted by molar-refractivity contribution is 7.99. The molecule has 0 aliphatic carbocycles. The maximum atomic E-state index is 12.2. The summed E-state index contributed by atoms with van der Waals surface area (Å²) in [6.45, 7) is 2.93. The normalized spacial score (nSPS) is 21.0. The third-order valence-electron chi connectivity index (χ3n) is 3.01. The first-order chi connectivity index (χ1) is 9.13. The lowest BCUT2D eigenvalue weighted by molar-refractivity contribution is -0.154. The molecule has 2 N–H and O–H groups in total. The SMILES string of the molecule is CCOC(=O)C1CSCCN1C(=O)CC(CN)OC. The van der Waals surface area contributed by atoms with Gasteiger partial charge in [-0.15, -0.1) is 0 Å². The Morgan fingerprint density at radius 2 is 2.26 bits per heavy atom. The lowest BCUT2D eigenvalue weighted by atomic mass is 10.2. The van der Waals surface area contributed by atoms with Gasteiger partial charge in [-0.2, -0.15) is 11.8 Å². The Bertz CT molecular complexity index is 310. The minimum atomic E-state index is -0.485. The number of hydrogen-bond acceptors (Lipinski definition) is 6. The van der Waals surface area contributed by atoms with Crippen molar-refractivity contribution in [2.24, 2.45) is 5.73 Å². The molecule has 2 atom stereocenters. The van der Waals surface area contributed by atoms with Gasteiger partial charge in [0.25, 0.3) is 0 Å². The van der Waals surface area contributed by atoms with Gasteiger partial charge in [0.15, 0.2) is 0 Å². The third-order valence-corrected chi connectivity index (χ3v) is 4.03. The summed E-state index contributed by atoms with van der Waals surface area (Å²) >= 11 is 1.66. The molecular formula is C12H22N2O4S. The first-order valence-corrected chi connectivity index (χ1v) is 7.56. The Hall–Kier alpha value is -0.790. The van der Waals surface area contributed by atoms with Crippen molar-refractivity contribution in [1.29, 1.82) is 0 Å². The molecule has 1 heterocycles. The van der Waals surface area contributed by atoms with E-state index in [1.165, 1.54) is 7.11 Å². The molecule has 0 aromatic heterocycles. The topological polar surface area (TPSA) is 81.9 Å². The molecule has 1 rings (SSSR count). The molecule has 6 nitrogen and oxygen atoms in total. The summed E-state index contributed by atoms with van der Waals surface area (Å²) in [6, 6.07) is -0.485. The van der Waals surface area contributed by atoms with Crippen molar-refractivity contribution in [3.8, 4) is 0 Å². The highest BCUT2D eigenvalue weighted by atomic mass is 32.2. The summed E-state index contributed by atoms with van der Waals surface area (Å²) in [5.74, 6) is 0.993. The Kier molecular flexibility index (Phi) is 7.19. The average molecular weight is 290 g/mol. The van der Waals surface area contributed by atoms with Crippen molar-refractivity contribution in [3.05, 3.63) is 0 Å². The van der Waals surface area contributed by atoms with Crippen LogP contribution in [0.1, 0.15) is 13.3 Å². The van der Waals surface area contributed by atoms with Crippen LogP contribution in [0.4, 0.5) is 0 Å². The fourth-order valence-corrected chi connectivity index (χ4v) is 2.94. The van der Waals surface area contributed by atoms with E-state index in [0.29, 0.717) is 18.9 Å². The summed E-state index contributed by atoms with van der Waals surface area (Å²) in [5, 5.41) is 0. The highest BCUT2D eigenvalue weighted by Crippen LogP contribution is 2.19. The molecule has 19 heavy (non-hydrogen) atoms. The van der Waals surface area contributed by atoms with Gasteiger partial charge in [-0.1, -0.05) is 0 Å². The molecule has 1 aliphatic heterocycles. The number of nitrogens with zero attached hydrogens (tertiary/aromatic N) is 1. The van der Waals surface area contributed by atoms with Crippen LogP contribution in [-0.2, 0) is 19.1 Å². The number of thioether (sulfide) groups is 1. The molecule has 0 spiro atoms. The fraction of sp³-hybridized carbons (Fsp3) is 0.833. The number of carbonyl (C=O) groups is 2. The van der Waals surface area contributed by atoms with Crippen molar-refractivity contribution < 1.29 is 19.1 Å². The van der Waals surface area contributed by atoms with Crippen LogP contribution in [0, 0.1) is 0 Å². The largest absolute Gasteiger partial charge is 0.464 e. The maximum Gasteiger partial charge on any atom is 0.329 e. The second-order valence-electron chi connectivity index (χ2n) is 4.23. The third kappa shape index (κ3) is 4.67. The van der Waals surface area contributed by atoms with E-state index in [0.717, 1.165) is 5.75 Å². The Morgan fingerprint density at radius 3 is 2.84 bits per heavy atom. The summed E-state index contributed by atoms with van der Waals surface area (Å²) in [7, 11) is 1.53. The quantitative estimate of drug-likeness (QED) is 0.686. The highest BCUT2D eigenvalue weighted by Gasteiger charge is 2.34. The number of ether oxygens (including phenoxy) is 2. The van der Waals surface area contributed by atoms with Crippen LogP contribution in [0.3, 0.4) is 0 Å². The van der Waals surface area contributed by atoms with E-state index in [1.807, 2.05) is 0 Å². The minimum absolute atomic E-state index is 0.101. The molecule has 1 saturated heterocycles. The summed E-state index contributed by atoms with van der Waals surface area (Å²) in [6.07, 6.45) is -0.0990. The van der Waals surface area contributed by atoms with Gasteiger partial charge in [0.05, 0.1) is 19.1 Å². The smallest absolute Gasteiger partial charge is 0.329 e. The summed E-state index contributed by atoms with van der Waals surface area (Å²) < 4.78 is 10.1. The van der Waals surface area contributed by atoms with Crippen molar-refractivity contribution in [2.75, 3.05) is 38.3 Å². The molecular weight excluding hydrogens is 268 g/mol. The molecule has 0 saturated carbocycles. The second kappa shape index (κ2) is 8.39. The van der Waals surface area contributed by atoms with Crippen LogP contribution < -0.4 is 5.73 Å². The van der Waals surface area contributed by atoms with Crippen LogP contribution in [0.5, 0.6) is 0 Å². The number of amides is 1. The lowest BCUT2D eigenvalue weighted by Gasteiger charge is -2.34. The first-order valence-electron chi connectivity index (χ1n) is 6.40. The number of hydrogen-bond donors (Lipinski definition) is 1. The molecule has 1 fully saturated rings. The first kappa shape index (κ1) is 16.3. The van der Waals surface area contributed by atoms with Gasteiger partial charge >= 0.3 is 5.97 Å². The maximum absolute atomic E-state index is 12.2. The van der Waals surface area contributed by atoms with Crippen molar-refractivity contribution in [1.82, 2.24) is 4.90 Å². The van der Waals surface area contributed by atoms with Crippen molar-refractivity contribution >= 4 is 23.6 Å². The summed E-state index contributed by atoms with van der Waals surface area (Å²) in [4.78, 5) is 25.7. The van der Waals surface area contributed by atoms with Gasteiger partial charge in [-0.25, -0.2) is 4.79 Å². The number of esters is 1. The Balaban J connectivity index is 2.65. The standard InChI is InChI=1S/C12H22N2O4S/c1-3-18-12(16)10-8-19-5-4-14(10)11(15)6-9(7-13)17-2/h9-10H,3-8,13H2,1-2H3. The van der Waals surface area contributed by atoms with Crippen LogP contribution in [0.15, 0.2) is 0 Å². The predicted octanol–water partition coefficient (Wildman–Crippen LogP) is -0.143. The summed E-state index contributed by atoms with van der Waals surface area (Å²) in [5.41, 5.74) is 5.51. The van der Waals surface area contributed by atoms with E-state index in [4.69, 9.17) is 15.2 Å². The van der Waals surface area contributed by atoms with Gasteiger partial charge in [0, 0.05) is 31.7 Å². The number of methoxy groups -OCH3 is 1. The van der Waals surface area contributed by atoms with Gasteiger partial charge < -0.3 is 20.1 Å². The average Bonchev–Trinajstić information content (AvgIpc) is 2.44. The van der Waals surface area contributed by atoms with Crippen LogP contribution >= 0.6 is 11.8 Å². The molecule has 110 valence electrons. The van der Waals surface area contributed by atoms with Crippen LogP contribution in [0.25, 0.3) is 0 Å². The van der Waals surface area contributed by atoms with E-state index >= 15 is 0 Å². The van der Waals surface area contributed by atoms with Crippen molar-refractivity contribution in [2.45, 2.75) is 25.5 Å². The van der Waals surface area contributed by atoms with E-state index in [-0.39, 0.29) is 30.9 Å². The number of nitrogens with two attached hydrogens (primary N) is 1. The molecule has 0 aromatic carbocycles. The molecule has 2 unspecified atom stereocenters.